The number of rotatable bonds is 1. The zero-order valence-corrected chi connectivity index (χ0v) is 13.1. The van der Waals surface area contributed by atoms with Gasteiger partial charge in [0.1, 0.15) is 6.26 Å². The molecule has 1 spiro atoms. The number of carbonyl (C=O) groups excluding carboxylic acids is 2. The molecule has 0 bridgehead atoms. The first-order chi connectivity index (χ1) is 10.5. The van der Waals surface area contributed by atoms with Gasteiger partial charge >= 0.3 is 0 Å². The lowest BCUT2D eigenvalue weighted by atomic mass is 9.86. The third-order valence-corrected chi connectivity index (χ3v) is 5.09. The van der Waals surface area contributed by atoms with Crippen LogP contribution in [0.4, 0.5) is 0 Å². The van der Waals surface area contributed by atoms with E-state index in [9.17, 15) is 9.59 Å². The molecule has 0 saturated carbocycles. The second-order valence-electron chi connectivity index (χ2n) is 6.32. The summed E-state index contributed by atoms with van der Waals surface area (Å²) >= 11 is 0. The maximum absolute atomic E-state index is 12.5. The first-order valence-electron chi connectivity index (χ1n) is 7.67. The number of amides is 2. The zero-order chi connectivity index (χ0) is 15.7. The summed E-state index contributed by atoms with van der Waals surface area (Å²) in [5.41, 5.74) is 0.222. The number of carbonyl (C=O) groups is 2. The molecule has 1 aromatic heterocycles. The molecule has 22 heavy (non-hydrogen) atoms. The van der Waals surface area contributed by atoms with Crippen molar-refractivity contribution in [3.63, 3.8) is 0 Å². The minimum Gasteiger partial charge on any atom is -0.364 e. The van der Waals surface area contributed by atoms with Crippen LogP contribution in [0.3, 0.4) is 0 Å². The number of hydrogen-bond acceptors (Lipinski definition) is 5. The Morgan fingerprint density at radius 3 is 2.82 bits per heavy atom. The van der Waals surface area contributed by atoms with Crippen LogP contribution >= 0.6 is 0 Å². The predicted molar refractivity (Wildman–Crippen MR) is 79.3 cm³/mol. The van der Waals surface area contributed by atoms with Crippen molar-refractivity contribution in [2.75, 3.05) is 40.3 Å². The normalized spacial score (nSPS) is 27.3. The van der Waals surface area contributed by atoms with Crippen LogP contribution in [0.25, 0.3) is 0 Å². The summed E-state index contributed by atoms with van der Waals surface area (Å²) < 4.78 is 4.77. The smallest absolute Gasteiger partial charge is 0.276 e. The quantitative estimate of drug-likeness (QED) is 0.753. The third-order valence-electron chi connectivity index (χ3n) is 5.09. The molecule has 2 saturated heterocycles. The van der Waals surface area contributed by atoms with Crippen LogP contribution in [0, 0.1) is 0 Å². The fourth-order valence-corrected chi connectivity index (χ4v) is 3.42. The second kappa shape index (κ2) is 5.72. The van der Waals surface area contributed by atoms with Crippen LogP contribution in [0.2, 0.25) is 0 Å². The average Bonchev–Trinajstić information content (AvgIpc) is 3.01. The van der Waals surface area contributed by atoms with Crippen molar-refractivity contribution in [2.45, 2.75) is 24.8 Å². The molecule has 2 fully saturated rings. The lowest BCUT2D eigenvalue weighted by Crippen LogP contribution is -2.62. The Labute approximate surface area is 129 Å². The van der Waals surface area contributed by atoms with Crippen molar-refractivity contribution < 1.29 is 14.1 Å². The molecule has 1 aromatic rings. The van der Waals surface area contributed by atoms with E-state index in [0.29, 0.717) is 25.2 Å². The molecule has 120 valence electrons. The monoisotopic (exact) mass is 306 g/mol. The van der Waals surface area contributed by atoms with Gasteiger partial charge in [-0.15, -0.1) is 0 Å². The van der Waals surface area contributed by atoms with E-state index in [1.807, 2.05) is 11.9 Å². The fraction of sp³-hybridized carbons (Fsp3) is 0.667. The van der Waals surface area contributed by atoms with Crippen molar-refractivity contribution in [3.05, 3.63) is 18.0 Å². The number of likely N-dealkylation sites (tertiary alicyclic amines) is 1. The van der Waals surface area contributed by atoms with E-state index >= 15 is 0 Å². The molecule has 0 radical (unpaired) electrons. The number of nitrogens with zero attached hydrogens (tertiary/aromatic N) is 4. The maximum Gasteiger partial charge on any atom is 0.276 e. The zero-order valence-electron chi connectivity index (χ0n) is 13.1. The van der Waals surface area contributed by atoms with Gasteiger partial charge in [0.25, 0.3) is 5.91 Å². The molecule has 0 aromatic carbocycles. The molecule has 2 amide bonds. The molecular weight excluding hydrogens is 284 g/mol. The Hall–Kier alpha value is -1.89. The molecule has 0 unspecified atom stereocenters. The molecule has 7 nitrogen and oxygen atoms in total. The van der Waals surface area contributed by atoms with E-state index in [1.54, 1.807) is 11.0 Å². The topological polar surface area (TPSA) is 69.9 Å². The summed E-state index contributed by atoms with van der Waals surface area (Å²) in [6.07, 6.45) is 3.62. The fourth-order valence-electron chi connectivity index (χ4n) is 3.42. The van der Waals surface area contributed by atoms with E-state index in [1.165, 1.54) is 6.26 Å². The van der Waals surface area contributed by atoms with Gasteiger partial charge in [-0.05, 0) is 19.9 Å². The molecule has 3 rings (SSSR count). The van der Waals surface area contributed by atoms with Gasteiger partial charge in [0.15, 0.2) is 5.69 Å². The molecule has 2 aliphatic rings. The third kappa shape index (κ3) is 2.61. The molecule has 7 heteroatoms. The summed E-state index contributed by atoms with van der Waals surface area (Å²) in [6.45, 7) is 2.85. The van der Waals surface area contributed by atoms with Gasteiger partial charge in [-0.1, -0.05) is 5.16 Å². The first-order valence-corrected chi connectivity index (χ1v) is 7.67. The SMILES string of the molecule is CN1CC[C@@]2(CCC1=O)CN(C(=O)c1ccon1)CCN2C. The van der Waals surface area contributed by atoms with Gasteiger partial charge in [-0.3, -0.25) is 14.5 Å². The minimum atomic E-state index is -0.127. The Morgan fingerprint density at radius 1 is 1.27 bits per heavy atom. The van der Waals surface area contributed by atoms with E-state index in [4.69, 9.17) is 4.52 Å². The van der Waals surface area contributed by atoms with Gasteiger partial charge in [0.05, 0.1) is 0 Å². The predicted octanol–water partition coefficient (Wildman–Crippen LogP) is 0.443. The maximum atomic E-state index is 12.5. The molecule has 3 heterocycles. The second-order valence-corrected chi connectivity index (χ2v) is 6.32. The van der Waals surface area contributed by atoms with Gasteiger partial charge < -0.3 is 14.3 Å². The Balaban J connectivity index is 1.78. The van der Waals surface area contributed by atoms with Gasteiger partial charge in [0.2, 0.25) is 5.91 Å². The van der Waals surface area contributed by atoms with Crippen LogP contribution in [-0.2, 0) is 4.79 Å². The molecule has 2 aliphatic heterocycles. The molecule has 0 N–H and O–H groups in total. The van der Waals surface area contributed by atoms with Crippen LogP contribution in [0.15, 0.2) is 16.9 Å². The number of likely N-dealkylation sites (N-methyl/N-ethyl adjacent to an activating group) is 1. The molecule has 0 aliphatic carbocycles. The van der Waals surface area contributed by atoms with E-state index < -0.39 is 0 Å². The lowest BCUT2D eigenvalue weighted by Gasteiger charge is -2.49. The molecule has 1 atom stereocenters. The highest BCUT2D eigenvalue weighted by atomic mass is 16.5. The van der Waals surface area contributed by atoms with Gasteiger partial charge in [-0.25, -0.2) is 0 Å². The van der Waals surface area contributed by atoms with Crippen molar-refractivity contribution in [1.82, 2.24) is 19.9 Å². The largest absolute Gasteiger partial charge is 0.364 e. The Kier molecular flexibility index (Phi) is 3.90. The highest BCUT2D eigenvalue weighted by molar-refractivity contribution is 5.92. The summed E-state index contributed by atoms with van der Waals surface area (Å²) in [5, 5.41) is 3.74. The highest BCUT2D eigenvalue weighted by Crippen LogP contribution is 2.32. The van der Waals surface area contributed by atoms with Crippen LogP contribution in [0.5, 0.6) is 0 Å². The summed E-state index contributed by atoms with van der Waals surface area (Å²) in [6, 6.07) is 1.59. The van der Waals surface area contributed by atoms with Gasteiger partial charge in [-0.2, -0.15) is 0 Å². The summed E-state index contributed by atoms with van der Waals surface area (Å²) in [5.74, 6) is 0.0929. The minimum absolute atomic E-state index is 0.0925. The van der Waals surface area contributed by atoms with Crippen LogP contribution in [-0.4, -0.2) is 77.5 Å². The highest BCUT2D eigenvalue weighted by Gasteiger charge is 2.43. The van der Waals surface area contributed by atoms with Crippen molar-refractivity contribution in [2.24, 2.45) is 0 Å². The van der Waals surface area contributed by atoms with Gasteiger partial charge in [0, 0.05) is 51.3 Å². The first kappa shape index (κ1) is 15.0. The van der Waals surface area contributed by atoms with Crippen molar-refractivity contribution in [3.8, 4) is 0 Å². The number of hydrogen-bond donors (Lipinski definition) is 0. The number of piperazine rings is 1. The Bertz CT molecular complexity index is 559. The number of aromatic nitrogens is 1. The van der Waals surface area contributed by atoms with E-state index in [-0.39, 0.29) is 17.4 Å². The van der Waals surface area contributed by atoms with E-state index in [2.05, 4.69) is 17.1 Å². The van der Waals surface area contributed by atoms with Crippen molar-refractivity contribution >= 4 is 11.8 Å². The summed E-state index contributed by atoms with van der Waals surface area (Å²) in [7, 11) is 3.94. The standard InChI is InChI=1S/C15H22N4O3/c1-17-7-6-15(5-3-13(17)20)11-19(9-8-18(15)2)14(21)12-4-10-22-16-12/h4,10H,3,5-9,11H2,1-2H3/t15-/m0/s1. The molecular formula is C15H22N4O3. The van der Waals surface area contributed by atoms with Crippen LogP contribution < -0.4 is 0 Å². The van der Waals surface area contributed by atoms with Crippen molar-refractivity contribution in [1.29, 1.82) is 0 Å². The summed E-state index contributed by atoms with van der Waals surface area (Å²) in [4.78, 5) is 30.4. The average molecular weight is 306 g/mol. The Morgan fingerprint density at radius 2 is 2.09 bits per heavy atom. The van der Waals surface area contributed by atoms with E-state index in [0.717, 1.165) is 25.9 Å². The van der Waals surface area contributed by atoms with Crippen LogP contribution in [0.1, 0.15) is 29.8 Å². The lowest BCUT2D eigenvalue weighted by molar-refractivity contribution is -0.129.